The van der Waals surface area contributed by atoms with Crippen molar-refractivity contribution < 1.29 is 0 Å². The topological polar surface area (TPSA) is 18.5 Å². The van der Waals surface area contributed by atoms with Crippen LogP contribution in [0.2, 0.25) is 0 Å². The van der Waals surface area contributed by atoms with Crippen LogP contribution in [0.3, 0.4) is 0 Å². The van der Waals surface area contributed by atoms with Gasteiger partial charge in [-0.3, -0.25) is 0 Å². The van der Waals surface area contributed by atoms with Gasteiger partial charge in [0.2, 0.25) is 0 Å². The SMILES string of the molecule is Cc1ccccc1NC(=S)N(CCCN1CCC[C@H](C)C1)Cc1cccs1. The Balaban J connectivity index is 1.58. The minimum absolute atomic E-state index is 0.824. The molecule has 2 aromatic rings. The minimum Gasteiger partial charge on any atom is -0.344 e. The molecule has 0 radical (unpaired) electrons. The van der Waals surface area contributed by atoms with Crippen molar-refractivity contribution in [2.24, 2.45) is 5.92 Å². The normalized spacial score (nSPS) is 17.6. The van der Waals surface area contributed by atoms with Gasteiger partial charge in [-0.25, -0.2) is 0 Å². The van der Waals surface area contributed by atoms with Crippen molar-refractivity contribution in [1.29, 1.82) is 0 Å². The van der Waals surface area contributed by atoms with Crippen LogP contribution < -0.4 is 5.32 Å². The van der Waals surface area contributed by atoms with Crippen molar-refractivity contribution in [2.45, 2.75) is 39.7 Å². The van der Waals surface area contributed by atoms with E-state index in [1.54, 1.807) is 11.3 Å². The Bertz CT molecular complexity index is 714. The maximum Gasteiger partial charge on any atom is 0.173 e. The van der Waals surface area contributed by atoms with Crippen molar-refractivity contribution in [2.75, 3.05) is 31.5 Å². The first-order chi connectivity index (χ1) is 13.1. The molecule has 27 heavy (non-hydrogen) atoms. The second-order valence-corrected chi connectivity index (χ2v) is 9.07. The number of nitrogens with one attached hydrogen (secondary N) is 1. The molecule has 0 saturated carbocycles. The number of benzene rings is 1. The zero-order valence-corrected chi connectivity index (χ0v) is 18.1. The molecule has 0 bridgehead atoms. The van der Waals surface area contributed by atoms with Crippen molar-refractivity contribution in [3.8, 4) is 0 Å². The van der Waals surface area contributed by atoms with Gasteiger partial charge in [-0.2, -0.15) is 0 Å². The highest BCUT2D eigenvalue weighted by molar-refractivity contribution is 7.80. The van der Waals surface area contributed by atoms with E-state index in [4.69, 9.17) is 12.2 Å². The zero-order valence-electron chi connectivity index (χ0n) is 16.5. The lowest BCUT2D eigenvalue weighted by atomic mass is 10.0. The largest absolute Gasteiger partial charge is 0.344 e. The fourth-order valence-electron chi connectivity index (χ4n) is 3.73. The molecule has 2 heterocycles. The fraction of sp³-hybridized carbons (Fsp3) is 0.500. The predicted octanol–water partition coefficient (Wildman–Crippen LogP) is 5.38. The highest BCUT2D eigenvalue weighted by Gasteiger charge is 2.17. The molecular weight excluding hydrogens is 370 g/mol. The summed E-state index contributed by atoms with van der Waals surface area (Å²) in [5.74, 6) is 0.838. The minimum atomic E-state index is 0.824. The van der Waals surface area contributed by atoms with Crippen LogP contribution in [0.5, 0.6) is 0 Å². The number of hydrogen-bond donors (Lipinski definition) is 1. The Morgan fingerprint density at radius 1 is 1.30 bits per heavy atom. The summed E-state index contributed by atoms with van der Waals surface area (Å²) in [7, 11) is 0. The number of piperidine rings is 1. The number of aryl methyl sites for hydroxylation is 1. The maximum atomic E-state index is 5.78. The van der Waals surface area contributed by atoms with Crippen LogP contribution in [0.4, 0.5) is 5.69 Å². The van der Waals surface area contributed by atoms with E-state index in [1.807, 2.05) is 0 Å². The summed E-state index contributed by atoms with van der Waals surface area (Å²) >= 11 is 7.59. The van der Waals surface area contributed by atoms with E-state index in [9.17, 15) is 0 Å². The molecule has 1 aromatic carbocycles. The molecule has 1 N–H and O–H groups in total. The number of para-hydroxylation sites is 1. The van der Waals surface area contributed by atoms with Gasteiger partial charge in [-0.15, -0.1) is 11.3 Å². The molecule has 1 saturated heterocycles. The highest BCUT2D eigenvalue weighted by Crippen LogP contribution is 2.18. The summed E-state index contributed by atoms with van der Waals surface area (Å²) in [4.78, 5) is 6.30. The third-order valence-electron chi connectivity index (χ3n) is 5.24. The zero-order chi connectivity index (χ0) is 19.1. The van der Waals surface area contributed by atoms with E-state index in [0.717, 1.165) is 42.8 Å². The average Bonchev–Trinajstić information content (AvgIpc) is 3.16. The fourth-order valence-corrected chi connectivity index (χ4v) is 4.71. The van der Waals surface area contributed by atoms with Gasteiger partial charge in [0, 0.05) is 23.7 Å². The molecule has 3 nitrogen and oxygen atoms in total. The first-order valence-electron chi connectivity index (χ1n) is 9.98. The molecule has 1 atom stereocenters. The Morgan fingerprint density at radius 3 is 2.89 bits per heavy atom. The molecule has 0 spiro atoms. The number of thiophene rings is 1. The van der Waals surface area contributed by atoms with Crippen molar-refractivity contribution in [1.82, 2.24) is 9.80 Å². The van der Waals surface area contributed by atoms with Gasteiger partial charge in [0.15, 0.2) is 5.11 Å². The lowest BCUT2D eigenvalue weighted by Gasteiger charge is -2.32. The summed E-state index contributed by atoms with van der Waals surface area (Å²) in [6.07, 6.45) is 3.87. The van der Waals surface area contributed by atoms with Crippen molar-refractivity contribution in [3.05, 3.63) is 52.2 Å². The summed E-state index contributed by atoms with van der Waals surface area (Å²) in [5.41, 5.74) is 2.32. The van der Waals surface area contributed by atoms with Gasteiger partial charge >= 0.3 is 0 Å². The van der Waals surface area contributed by atoms with Crippen LogP contribution in [-0.2, 0) is 6.54 Å². The monoisotopic (exact) mass is 401 g/mol. The van der Waals surface area contributed by atoms with Gasteiger partial charge in [0.05, 0.1) is 6.54 Å². The van der Waals surface area contributed by atoms with Gasteiger partial charge in [0.1, 0.15) is 0 Å². The van der Waals surface area contributed by atoms with Crippen LogP contribution in [0.15, 0.2) is 41.8 Å². The quantitative estimate of drug-likeness (QED) is 0.628. The van der Waals surface area contributed by atoms with Gasteiger partial charge in [-0.05, 0) is 80.5 Å². The number of rotatable bonds is 7. The van der Waals surface area contributed by atoms with Crippen LogP contribution >= 0.6 is 23.6 Å². The van der Waals surface area contributed by atoms with Crippen LogP contribution in [0, 0.1) is 12.8 Å². The summed E-state index contributed by atoms with van der Waals surface area (Å²) < 4.78 is 0. The van der Waals surface area contributed by atoms with E-state index in [-0.39, 0.29) is 0 Å². The molecule has 1 aromatic heterocycles. The molecule has 5 heteroatoms. The third-order valence-corrected chi connectivity index (χ3v) is 6.47. The van der Waals surface area contributed by atoms with E-state index in [2.05, 4.69) is 70.7 Å². The van der Waals surface area contributed by atoms with Gasteiger partial charge in [-0.1, -0.05) is 31.2 Å². The highest BCUT2D eigenvalue weighted by atomic mass is 32.1. The van der Waals surface area contributed by atoms with E-state index in [0.29, 0.717) is 0 Å². The lowest BCUT2D eigenvalue weighted by Crippen LogP contribution is -2.39. The molecule has 1 aliphatic rings. The summed E-state index contributed by atoms with van der Waals surface area (Å²) in [5, 5.41) is 6.43. The summed E-state index contributed by atoms with van der Waals surface area (Å²) in [6, 6.07) is 12.6. The van der Waals surface area contributed by atoms with E-state index in [1.165, 1.54) is 36.4 Å². The number of thiocarbonyl (C=S) groups is 1. The number of hydrogen-bond acceptors (Lipinski definition) is 3. The second-order valence-electron chi connectivity index (χ2n) is 7.65. The van der Waals surface area contributed by atoms with E-state index < -0.39 is 0 Å². The standard InChI is InChI=1S/C22H31N3S2/c1-18-8-5-12-24(16-18)13-7-14-25(17-20-10-6-15-27-20)22(26)23-21-11-4-3-9-19(21)2/h3-4,6,9-11,15,18H,5,7-8,12-14,16-17H2,1-2H3,(H,23,26)/t18-/m0/s1. The van der Waals surface area contributed by atoms with Gasteiger partial charge < -0.3 is 15.1 Å². The predicted molar refractivity (Wildman–Crippen MR) is 122 cm³/mol. The van der Waals surface area contributed by atoms with Crippen LogP contribution in [0.1, 0.15) is 36.6 Å². The van der Waals surface area contributed by atoms with E-state index >= 15 is 0 Å². The van der Waals surface area contributed by atoms with Gasteiger partial charge in [0.25, 0.3) is 0 Å². The molecule has 0 unspecified atom stereocenters. The molecule has 1 aliphatic heterocycles. The molecule has 1 fully saturated rings. The molecular formula is C22H31N3S2. The Morgan fingerprint density at radius 2 is 2.15 bits per heavy atom. The van der Waals surface area contributed by atoms with Crippen LogP contribution in [0.25, 0.3) is 0 Å². The van der Waals surface area contributed by atoms with Crippen molar-refractivity contribution >= 4 is 34.4 Å². The molecule has 3 rings (SSSR count). The Hall–Kier alpha value is -1.43. The Labute approximate surface area is 173 Å². The third kappa shape index (κ3) is 6.30. The lowest BCUT2D eigenvalue weighted by molar-refractivity contribution is 0.177. The smallest absolute Gasteiger partial charge is 0.173 e. The molecule has 0 aliphatic carbocycles. The number of anilines is 1. The molecule has 0 amide bonds. The summed E-state index contributed by atoms with van der Waals surface area (Å²) in [6.45, 7) is 10.0. The maximum absolute atomic E-state index is 5.78. The average molecular weight is 402 g/mol. The number of nitrogens with zero attached hydrogens (tertiary/aromatic N) is 2. The first-order valence-corrected chi connectivity index (χ1v) is 11.3. The Kier molecular flexibility index (Phi) is 7.68. The second kappa shape index (κ2) is 10.2. The van der Waals surface area contributed by atoms with Crippen molar-refractivity contribution in [3.63, 3.8) is 0 Å². The van der Waals surface area contributed by atoms with Crippen LogP contribution in [-0.4, -0.2) is 41.1 Å². The molecule has 146 valence electrons. The number of likely N-dealkylation sites (tertiary alicyclic amines) is 1. The first kappa shape index (κ1) is 20.3.